The second-order valence-corrected chi connectivity index (χ2v) is 5.87. The van der Waals surface area contributed by atoms with Crippen LogP contribution in [0.4, 0.5) is 11.4 Å². The number of fused-ring (bicyclic) bond motifs is 2. The van der Waals surface area contributed by atoms with E-state index < -0.39 is 0 Å². The van der Waals surface area contributed by atoms with Crippen LogP contribution in [-0.4, -0.2) is 43.2 Å². The van der Waals surface area contributed by atoms with Crippen LogP contribution in [0.15, 0.2) is 18.2 Å². The Bertz CT molecular complexity index is 530. The van der Waals surface area contributed by atoms with E-state index in [0.29, 0.717) is 17.4 Å². The molecule has 0 saturated carbocycles. The third-order valence-corrected chi connectivity index (χ3v) is 4.13. The lowest BCUT2D eigenvalue weighted by molar-refractivity contribution is 0.0828. The summed E-state index contributed by atoms with van der Waals surface area (Å²) in [5.74, 6) is -0.0171. The SMILES string of the molecule is CN(C)C(=O)c1ccc(N)cc1NC1CC2CCC1O2. The zero-order valence-electron chi connectivity index (χ0n) is 11.9. The second-order valence-electron chi connectivity index (χ2n) is 5.87. The highest BCUT2D eigenvalue weighted by Gasteiger charge is 2.41. The van der Waals surface area contributed by atoms with E-state index in [1.165, 1.54) is 0 Å². The third kappa shape index (κ3) is 2.33. The molecule has 0 radical (unpaired) electrons. The number of nitrogens with two attached hydrogens (primary N) is 1. The smallest absolute Gasteiger partial charge is 0.255 e. The molecular formula is C15H21N3O2. The van der Waals surface area contributed by atoms with Gasteiger partial charge in [0.05, 0.1) is 23.8 Å². The van der Waals surface area contributed by atoms with Gasteiger partial charge in [-0.05, 0) is 37.5 Å². The summed E-state index contributed by atoms with van der Waals surface area (Å²) >= 11 is 0. The molecule has 2 aliphatic rings. The number of hydrogen-bond acceptors (Lipinski definition) is 4. The number of hydrogen-bond donors (Lipinski definition) is 2. The Morgan fingerprint density at radius 2 is 2.20 bits per heavy atom. The Hall–Kier alpha value is -1.75. The number of ether oxygens (including phenoxy) is 1. The fourth-order valence-electron chi connectivity index (χ4n) is 3.10. The molecule has 108 valence electrons. The first kappa shape index (κ1) is 13.2. The monoisotopic (exact) mass is 275 g/mol. The number of amides is 1. The van der Waals surface area contributed by atoms with Crippen LogP contribution in [0.25, 0.3) is 0 Å². The summed E-state index contributed by atoms with van der Waals surface area (Å²) in [5.41, 5.74) is 7.99. The lowest BCUT2D eigenvalue weighted by Crippen LogP contribution is -2.32. The van der Waals surface area contributed by atoms with Crippen molar-refractivity contribution in [3.05, 3.63) is 23.8 Å². The molecule has 2 fully saturated rings. The van der Waals surface area contributed by atoms with Gasteiger partial charge in [0, 0.05) is 25.5 Å². The maximum atomic E-state index is 12.2. The number of carbonyl (C=O) groups excluding carboxylic acids is 1. The van der Waals surface area contributed by atoms with Crippen molar-refractivity contribution in [2.75, 3.05) is 25.1 Å². The van der Waals surface area contributed by atoms with Crippen LogP contribution < -0.4 is 11.1 Å². The van der Waals surface area contributed by atoms with Crippen molar-refractivity contribution in [1.29, 1.82) is 0 Å². The normalized spacial score (nSPS) is 27.6. The molecule has 2 heterocycles. The van der Waals surface area contributed by atoms with Crippen LogP contribution in [0.5, 0.6) is 0 Å². The first-order chi connectivity index (χ1) is 9.54. The summed E-state index contributed by atoms with van der Waals surface area (Å²) in [4.78, 5) is 13.8. The van der Waals surface area contributed by atoms with Gasteiger partial charge in [-0.15, -0.1) is 0 Å². The minimum atomic E-state index is -0.0171. The van der Waals surface area contributed by atoms with E-state index >= 15 is 0 Å². The molecule has 1 aromatic rings. The molecule has 3 unspecified atom stereocenters. The van der Waals surface area contributed by atoms with E-state index in [0.717, 1.165) is 24.9 Å². The zero-order chi connectivity index (χ0) is 14.3. The number of nitrogens with one attached hydrogen (secondary N) is 1. The van der Waals surface area contributed by atoms with Crippen molar-refractivity contribution in [2.24, 2.45) is 0 Å². The van der Waals surface area contributed by atoms with E-state index in [2.05, 4.69) is 5.32 Å². The molecule has 0 aromatic heterocycles. The molecule has 0 aliphatic carbocycles. The highest BCUT2D eigenvalue weighted by molar-refractivity contribution is 6.00. The molecule has 1 amide bonds. The van der Waals surface area contributed by atoms with Crippen molar-refractivity contribution >= 4 is 17.3 Å². The maximum Gasteiger partial charge on any atom is 0.255 e. The van der Waals surface area contributed by atoms with Gasteiger partial charge in [-0.2, -0.15) is 0 Å². The minimum Gasteiger partial charge on any atom is -0.399 e. The quantitative estimate of drug-likeness (QED) is 0.824. The maximum absolute atomic E-state index is 12.2. The summed E-state index contributed by atoms with van der Waals surface area (Å²) in [5, 5.41) is 3.46. The summed E-state index contributed by atoms with van der Waals surface area (Å²) in [7, 11) is 3.51. The van der Waals surface area contributed by atoms with Gasteiger partial charge < -0.3 is 20.7 Å². The van der Waals surface area contributed by atoms with Crippen LogP contribution in [0.2, 0.25) is 0 Å². The van der Waals surface area contributed by atoms with Gasteiger partial charge in [-0.3, -0.25) is 4.79 Å². The number of nitrogens with zero attached hydrogens (tertiary/aromatic N) is 1. The average Bonchev–Trinajstić information content (AvgIpc) is 3.00. The zero-order valence-corrected chi connectivity index (χ0v) is 11.9. The molecule has 5 heteroatoms. The van der Waals surface area contributed by atoms with Gasteiger partial charge in [-0.25, -0.2) is 0 Å². The molecule has 20 heavy (non-hydrogen) atoms. The van der Waals surface area contributed by atoms with Crippen molar-refractivity contribution in [3.63, 3.8) is 0 Å². The third-order valence-electron chi connectivity index (χ3n) is 4.13. The molecule has 2 bridgehead atoms. The lowest BCUT2D eigenvalue weighted by Gasteiger charge is -2.23. The van der Waals surface area contributed by atoms with Gasteiger partial charge in [0.2, 0.25) is 0 Å². The van der Waals surface area contributed by atoms with E-state index in [4.69, 9.17) is 10.5 Å². The van der Waals surface area contributed by atoms with Gasteiger partial charge in [0.1, 0.15) is 0 Å². The van der Waals surface area contributed by atoms with Gasteiger partial charge in [0.15, 0.2) is 0 Å². The predicted octanol–water partition coefficient (Wildman–Crippen LogP) is 1.70. The largest absolute Gasteiger partial charge is 0.399 e. The summed E-state index contributed by atoms with van der Waals surface area (Å²) in [6.45, 7) is 0. The Morgan fingerprint density at radius 3 is 2.80 bits per heavy atom. The minimum absolute atomic E-state index is 0.0171. The van der Waals surface area contributed by atoms with Gasteiger partial charge >= 0.3 is 0 Å². The fraction of sp³-hybridized carbons (Fsp3) is 0.533. The molecule has 3 atom stereocenters. The molecule has 2 saturated heterocycles. The molecule has 2 aliphatic heterocycles. The van der Waals surface area contributed by atoms with Crippen LogP contribution >= 0.6 is 0 Å². The molecular weight excluding hydrogens is 254 g/mol. The first-order valence-electron chi connectivity index (χ1n) is 7.08. The number of benzene rings is 1. The van der Waals surface area contributed by atoms with Crippen LogP contribution in [0, 0.1) is 0 Å². The Balaban J connectivity index is 1.84. The predicted molar refractivity (Wildman–Crippen MR) is 78.8 cm³/mol. The Labute approximate surface area is 119 Å². The Morgan fingerprint density at radius 1 is 1.40 bits per heavy atom. The van der Waals surface area contributed by atoms with Crippen LogP contribution in [0.3, 0.4) is 0 Å². The fourth-order valence-corrected chi connectivity index (χ4v) is 3.10. The van der Waals surface area contributed by atoms with E-state index in [9.17, 15) is 4.79 Å². The van der Waals surface area contributed by atoms with Crippen molar-refractivity contribution in [2.45, 2.75) is 37.5 Å². The van der Waals surface area contributed by atoms with Crippen molar-refractivity contribution < 1.29 is 9.53 Å². The average molecular weight is 275 g/mol. The highest BCUT2D eigenvalue weighted by atomic mass is 16.5. The van der Waals surface area contributed by atoms with Gasteiger partial charge in [-0.1, -0.05) is 0 Å². The molecule has 5 nitrogen and oxygen atoms in total. The van der Waals surface area contributed by atoms with Gasteiger partial charge in [0.25, 0.3) is 5.91 Å². The summed E-state index contributed by atoms with van der Waals surface area (Å²) < 4.78 is 5.85. The lowest BCUT2D eigenvalue weighted by atomic mass is 9.95. The van der Waals surface area contributed by atoms with E-state index in [1.807, 2.05) is 6.07 Å². The topological polar surface area (TPSA) is 67.6 Å². The van der Waals surface area contributed by atoms with E-state index in [1.54, 1.807) is 31.1 Å². The number of rotatable bonds is 3. The molecule has 1 aromatic carbocycles. The molecule has 3 N–H and O–H groups in total. The summed E-state index contributed by atoms with van der Waals surface area (Å²) in [6.07, 6.45) is 3.91. The first-order valence-corrected chi connectivity index (χ1v) is 7.08. The Kier molecular flexibility index (Phi) is 3.30. The van der Waals surface area contributed by atoms with Crippen LogP contribution in [0.1, 0.15) is 29.6 Å². The van der Waals surface area contributed by atoms with Crippen LogP contribution in [-0.2, 0) is 4.74 Å². The van der Waals surface area contributed by atoms with Crippen molar-refractivity contribution in [3.8, 4) is 0 Å². The second kappa shape index (κ2) is 4.98. The number of anilines is 2. The summed E-state index contributed by atoms with van der Waals surface area (Å²) in [6, 6.07) is 5.67. The molecule has 0 spiro atoms. The van der Waals surface area contributed by atoms with E-state index in [-0.39, 0.29) is 18.1 Å². The standard InChI is InChI=1S/C15H21N3O2/c1-18(2)15(19)11-5-3-9(16)7-12(11)17-13-8-10-4-6-14(13)20-10/h3,5,7,10,13-14,17H,4,6,8,16H2,1-2H3. The number of nitrogen functional groups attached to an aromatic ring is 1. The number of carbonyl (C=O) groups is 1. The highest BCUT2D eigenvalue weighted by Crippen LogP contribution is 2.36. The van der Waals surface area contributed by atoms with Crippen molar-refractivity contribution in [1.82, 2.24) is 4.90 Å². The molecule has 3 rings (SSSR count).